The summed E-state index contributed by atoms with van der Waals surface area (Å²) in [6, 6.07) is 9.72. The fourth-order valence-electron chi connectivity index (χ4n) is 1.61. The van der Waals surface area contributed by atoms with Crippen molar-refractivity contribution in [1.82, 2.24) is 0 Å². The van der Waals surface area contributed by atoms with Crippen LogP contribution in [0.25, 0.3) is 0 Å². The highest BCUT2D eigenvalue weighted by molar-refractivity contribution is 7.89. The van der Waals surface area contributed by atoms with E-state index in [4.69, 9.17) is 9.56 Å². The van der Waals surface area contributed by atoms with E-state index >= 15 is 0 Å². The maximum atomic E-state index is 11.9. The van der Waals surface area contributed by atoms with E-state index in [1.54, 1.807) is 12.1 Å². The molecule has 0 atom stereocenters. The lowest BCUT2D eigenvalue weighted by atomic mass is 10.1. The molecule has 0 spiro atoms. The van der Waals surface area contributed by atoms with Gasteiger partial charge in [-0.25, -0.2) is 13.6 Å². The lowest BCUT2D eigenvalue weighted by Gasteiger charge is -2.04. The number of hydrogen-bond acceptors (Lipinski definition) is 4. The maximum absolute atomic E-state index is 11.9. The zero-order valence-corrected chi connectivity index (χ0v) is 11.6. The number of amides is 1. The van der Waals surface area contributed by atoms with Crippen LogP contribution in [0.1, 0.15) is 23.0 Å². The number of aryl methyl sites for hydroxylation is 1. The number of rotatable bonds is 4. The first-order chi connectivity index (χ1) is 9.40. The molecule has 0 aliphatic rings. The van der Waals surface area contributed by atoms with Crippen LogP contribution in [0, 0.1) is 0 Å². The molecule has 0 aliphatic carbocycles. The fraction of sp³-hybridized carbons (Fsp3) is 0.154. The monoisotopic (exact) mass is 294 g/mol. The van der Waals surface area contributed by atoms with Crippen molar-refractivity contribution < 1.29 is 17.6 Å². The average Bonchev–Trinajstić information content (AvgIpc) is 2.89. The van der Waals surface area contributed by atoms with Crippen LogP contribution in [0.4, 0.5) is 5.69 Å². The summed E-state index contributed by atoms with van der Waals surface area (Å²) in [4.78, 5) is 11.9. The van der Waals surface area contributed by atoms with E-state index in [0.29, 0.717) is 5.69 Å². The minimum atomic E-state index is -3.94. The number of sulfonamides is 1. The molecule has 1 heterocycles. The van der Waals surface area contributed by atoms with Gasteiger partial charge < -0.3 is 9.73 Å². The molecule has 1 amide bonds. The van der Waals surface area contributed by atoms with E-state index < -0.39 is 21.0 Å². The molecule has 0 saturated heterocycles. The molecule has 0 unspecified atom stereocenters. The number of nitrogens with two attached hydrogens (primary N) is 1. The summed E-state index contributed by atoms with van der Waals surface area (Å²) in [5.74, 6) is -0.655. The number of hydrogen-bond donors (Lipinski definition) is 2. The average molecular weight is 294 g/mol. The van der Waals surface area contributed by atoms with E-state index in [2.05, 4.69) is 5.32 Å². The number of primary sulfonamides is 1. The zero-order chi connectivity index (χ0) is 14.8. The first-order valence-corrected chi connectivity index (χ1v) is 7.47. The summed E-state index contributed by atoms with van der Waals surface area (Å²) < 4.78 is 27.0. The maximum Gasteiger partial charge on any atom is 0.291 e. The van der Waals surface area contributed by atoms with Crippen molar-refractivity contribution in [2.24, 2.45) is 5.14 Å². The molecule has 6 nitrogen and oxygen atoms in total. The second-order valence-corrected chi connectivity index (χ2v) is 5.66. The summed E-state index contributed by atoms with van der Waals surface area (Å²) in [5.41, 5.74) is 1.75. The smallest absolute Gasteiger partial charge is 0.291 e. The van der Waals surface area contributed by atoms with Crippen LogP contribution in [0.15, 0.2) is 45.9 Å². The Morgan fingerprint density at radius 1 is 1.20 bits per heavy atom. The molecule has 3 N–H and O–H groups in total. The molecule has 0 radical (unpaired) electrons. The second-order valence-electron chi connectivity index (χ2n) is 4.17. The molecule has 0 saturated carbocycles. The normalized spacial score (nSPS) is 11.3. The van der Waals surface area contributed by atoms with Gasteiger partial charge in [-0.3, -0.25) is 4.79 Å². The molecular formula is C13H14N2O4S. The third-order valence-electron chi connectivity index (χ3n) is 2.71. The van der Waals surface area contributed by atoms with Crippen molar-refractivity contribution in [1.29, 1.82) is 0 Å². The van der Waals surface area contributed by atoms with Gasteiger partial charge in [-0.15, -0.1) is 0 Å². The molecule has 0 bridgehead atoms. The van der Waals surface area contributed by atoms with Crippen LogP contribution in [0.2, 0.25) is 0 Å². The SMILES string of the molecule is CCc1ccc(NC(=O)c2ccc(S(N)(=O)=O)o2)cc1. The van der Waals surface area contributed by atoms with Crippen LogP contribution in [-0.4, -0.2) is 14.3 Å². The molecule has 106 valence electrons. The van der Waals surface area contributed by atoms with Crippen molar-refractivity contribution >= 4 is 21.6 Å². The topological polar surface area (TPSA) is 102 Å². The van der Waals surface area contributed by atoms with Gasteiger partial charge in [-0.2, -0.15) is 0 Å². The molecule has 0 aliphatic heterocycles. The summed E-state index contributed by atoms with van der Waals surface area (Å²) in [6.45, 7) is 2.03. The Morgan fingerprint density at radius 3 is 2.35 bits per heavy atom. The van der Waals surface area contributed by atoms with Gasteiger partial charge in [0.25, 0.3) is 15.9 Å². The number of benzene rings is 1. The molecule has 2 aromatic rings. The summed E-state index contributed by atoms with van der Waals surface area (Å²) in [7, 11) is -3.94. The van der Waals surface area contributed by atoms with Crippen molar-refractivity contribution in [3.05, 3.63) is 47.7 Å². The highest BCUT2D eigenvalue weighted by Gasteiger charge is 2.17. The highest BCUT2D eigenvalue weighted by atomic mass is 32.2. The lowest BCUT2D eigenvalue weighted by Crippen LogP contribution is -2.12. The van der Waals surface area contributed by atoms with Gasteiger partial charge in [0.2, 0.25) is 5.09 Å². The van der Waals surface area contributed by atoms with Crippen molar-refractivity contribution in [3.8, 4) is 0 Å². The van der Waals surface area contributed by atoms with Gasteiger partial charge in [-0.1, -0.05) is 19.1 Å². The minimum Gasteiger partial charge on any atom is -0.438 e. The zero-order valence-electron chi connectivity index (χ0n) is 10.8. The van der Waals surface area contributed by atoms with E-state index in [1.807, 2.05) is 19.1 Å². The Hall–Kier alpha value is -2.12. The number of carbonyl (C=O) groups excluding carboxylic acids is 1. The molecule has 20 heavy (non-hydrogen) atoms. The van der Waals surface area contributed by atoms with Gasteiger partial charge in [0, 0.05) is 5.69 Å². The summed E-state index contributed by atoms with van der Waals surface area (Å²) >= 11 is 0. The largest absolute Gasteiger partial charge is 0.438 e. The van der Waals surface area contributed by atoms with Crippen LogP contribution in [-0.2, 0) is 16.4 Å². The summed E-state index contributed by atoms with van der Waals surface area (Å²) in [6.07, 6.45) is 0.907. The molecule has 0 fully saturated rings. The number of furan rings is 1. The van der Waals surface area contributed by atoms with Crippen molar-refractivity contribution in [3.63, 3.8) is 0 Å². The van der Waals surface area contributed by atoms with Crippen molar-refractivity contribution in [2.45, 2.75) is 18.4 Å². The standard InChI is InChI=1S/C13H14N2O4S/c1-2-9-3-5-10(6-4-9)15-13(16)11-7-8-12(19-11)20(14,17)18/h3-8H,2H2,1H3,(H,15,16)(H2,14,17,18). The van der Waals surface area contributed by atoms with Crippen LogP contribution in [0.3, 0.4) is 0 Å². The molecule has 1 aromatic carbocycles. The van der Waals surface area contributed by atoms with Gasteiger partial charge >= 0.3 is 0 Å². The highest BCUT2D eigenvalue weighted by Crippen LogP contribution is 2.15. The molecule has 1 aromatic heterocycles. The summed E-state index contributed by atoms with van der Waals surface area (Å²) in [5, 5.41) is 7.07. The third kappa shape index (κ3) is 3.25. The Morgan fingerprint density at radius 2 is 1.85 bits per heavy atom. The van der Waals surface area contributed by atoms with Crippen molar-refractivity contribution in [2.75, 3.05) is 5.32 Å². The number of carbonyl (C=O) groups is 1. The molecular weight excluding hydrogens is 280 g/mol. The van der Waals surface area contributed by atoms with Crippen LogP contribution in [0.5, 0.6) is 0 Å². The van der Waals surface area contributed by atoms with E-state index in [1.165, 1.54) is 6.07 Å². The van der Waals surface area contributed by atoms with E-state index in [-0.39, 0.29) is 5.76 Å². The van der Waals surface area contributed by atoms with Gasteiger partial charge in [0.05, 0.1) is 0 Å². The number of anilines is 1. The first kappa shape index (κ1) is 14.3. The van der Waals surface area contributed by atoms with E-state index in [9.17, 15) is 13.2 Å². The van der Waals surface area contributed by atoms with Gasteiger partial charge in [0.15, 0.2) is 5.76 Å². The van der Waals surface area contributed by atoms with Gasteiger partial charge in [0.1, 0.15) is 0 Å². The quantitative estimate of drug-likeness (QED) is 0.896. The van der Waals surface area contributed by atoms with Crippen LogP contribution < -0.4 is 10.5 Å². The van der Waals surface area contributed by atoms with Gasteiger partial charge in [-0.05, 0) is 36.2 Å². The Balaban J connectivity index is 2.13. The first-order valence-electron chi connectivity index (χ1n) is 5.93. The number of nitrogens with one attached hydrogen (secondary N) is 1. The third-order valence-corrected chi connectivity index (χ3v) is 3.49. The Bertz CT molecular complexity index is 717. The second kappa shape index (κ2) is 5.48. The predicted molar refractivity (Wildman–Crippen MR) is 73.9 cm³/mol. The molecule has 2 rings (SSSR count). The molecule has 7 heteroatoms. The van der Waals surface area contributed by atoms with E-state index in [0.717, 1.165) is 18.1 Å². The minimum absolute atomic E-state index is 0.117. The lowest BCUT2D eigenvalue weighted by molar-refractivity contribution is 0.0991. The Labute approximate surface area is 116 Å². The predicted octanol–water partition coefficient (Wildman–Crippen LogP) is 1.74. The fourth-order valence-corrected chi connectivity index (χ4v) is 2.08. The Kier molecular flexibility index (Phi) is 3.91. The van der Waals surface area contributed by atoms with Crippen LogP contribution >= 0.6 is 0 Å².